The number of hydrogen-bond donors (Lipinski definition) is 0. The van der Waals surface area contributed by atoms with Crippen LogP contribution < -0.4 is 0 Å². The summed E-state index contributed by atoms with van der Waals surface area (Å²) in [6.07, 6.45) is 0. The third-order valence-electron chi connectivity index (χ3n) is 4.52. The van der Waals surface area contributed by atoms with E-state index in [0.717, 1.165) is 11.1 Å². The maximum absolute atomic E-state index is 14.1. The van der Waals surface area contributed by atoms with Gasteiger partial charge in [-0.15, -0.1) is 0 Å². The molecule has 0 aromatic heterocycles. The van der Waals surface area contributed by atoms with Crippen LogP contribution in [0.2, 0.25) is 0 Å². The molecule has 0 saturated carbocycles. The number of nitrogens with zero attached hydrogens (tertiary/aromatic N) is 1. The number of Topliss-reactive ketones (excluding diaryl/α,β-unsaturated/α-hetero) is 1. The minimum Gasteiger partial charge on any atom is -0.292 e. The maximum Gasteiger partial charge on any atom is 0.182 e. The minimum atomic E-state index is -0.469. The Balaban J connectivity index is 1.86. The van der Waals surface area contributed by atoms with Gasteiger partial charge in [-0.25, -0.2) is 4.39 Å². The molecule has 0 amide bonds. The normalized spacial score (nSPS) is 12.1. The second-order valence-corrected chi connectivity index (χ2v) is 6.40. The molecule has 3 aromatic carbocycles. The highest BCUT2D eigenvalue weighted by molar-refractivity contribution is 6.00. The highest BCUT2D eigenvalue weighted by Crippen LogP contribution is 2.18. The van der Waals surface area contributed by atoms with E-state index in [1.807, 2.05) is 67.6 Å². The summed E-state index contributed by atoms with van der Waals surface area (Å²) in [7, 11) is 0. The molecule has 0 N–H and O–H groups in total. The van der Waals surface area contributed by atoms with Crippen LogP contribution in [0.3, 0.4) is 0 Å². The third-order valence-corrected chi connectivity index (χ3v) is 4.52. The van der Waals surface area contributed by atoms with E-state index < -0.39 is 11.9 Å². The van der Waals surface area contributed by atoms with Crippen molar-refractivity contribution in [1.29, 1.82) is 0 Å². The summed E-state index contributed by atoms with van der Waals surface area (Å²) < 4.78 is 14.1. The Bertz CT molecular complexity index is 807. The SMILES string of the molecule is CC(C(=O)c1ccccc1F)N(Cc1ccccc1)Cc1ccccc1. The summed E-state index contributed by atoms with van der Waals surface area (Å²) >= 11 is 0. The van der Waals surface area contributed by atoms with Gasteiger partial charge >= 0.3 is 0 Å². The molecule has 1 atom stereocenters. The number of ketones is 1. The van der Waals surface area contributed by atoms with Crippen LogP contribution in [0.15, 0.2) is 84.9 Å². The van der Waals surface area contributed by atoms with Crippen molar-refractivity contribution in [3.8, 4) is 0 Å². The molecule has 0 saturated heterocycles. The summed E-state index contributed by atoms with van der Waals surface area (Å²) in [5.74, 6) is -0.668. The minimum absolute atomic E-state index is 0.145. The molecule has 132 valence electrons. The average molecular weight is 347 g/mol. The smallest absolute Gasteiger partial charge is 0.182 e. The lowest BCUT2D eigenvalue weighted by Gasteiger charge is -2.28. The Morgan fingerprint density at radius 1 is 0.808 bits per heavy atom. The van der Waals surface area contributed by atoms with Gasteiger partial charge in [-0.2, -0.15) is 0 Å². The fourth-order valence-corrected chi connectivity index (χ4v) is 3.02. The Morgan fingerprint density at radius 2 is 1.27 bits per heavy atom. The Morgan fingerprint density at radius 3 is 1.77 bits per heavy atom. The number of benzene rings is 3. The average Bonchev–Trinajstić information content (AvgIpc) is 2.68. The standard InChI is InChI=1S/C23H22FNO/c1-18(23(26)21-14-8-9-15-22(21)24)25(16-19-10-4-2-5-11-19)17-20-12-6-3-7-13-20/h2-15,18H,16-17H2,1H3. The first kappa shape index (κ1) is 18.0. The van der Waals surface area contributed by atoms with E-state index in [1.165, 1.54) is 6.07 Å². The van der Waals surface area contributed by atoms with E-state index in [2.05, 4.69) is 4.90 Å². The fraction of sp³-hybridized carbons (Fsp3) is 0.174. The second kappa shape index (κ2) is 8.54. The monoisotopic (exact) mass is 347 g/mol. The zero-order chi connectivity index (χ0) is 18.4. The van der Waals surface area contributed by atoms with E-state index in [1.54, 1.807) is 18.2 Å². The number of carbonyl (C=O) groups excluding carboxylic acids is 1. The summed E-state index contributed by atoms with van der Waals surface area (Å²) in [4.78, 5) is 15.0. The van der Waals surface area contributed by atoms with Crippen LogP contribution >= 0.6 is 0 Å². The van der Waals surface area contributed by atoms with Gasteiger partial charge in [-0.3, -0.25) is 9.69 Å². The van der Waals surface area contributed by atoms with Crippen LogP contribution in [0, 0.1) is 5.82 Å². The first-order valence-electron chi connectivity index (χ1n) is 8.76. The number of halogens is 1. The van der Waals surface area contributed by atoms with E-state index >= 15 is 0 Å². The lowest BCUT2D eigenvalue weighted by atomic mass is 10.0. The molecular formula is C23H22FNO. The van der Waals surface area contributed by atoms with Crippen LogP contribution in [0.25, 0.3) is 0 Å². The lowest BCUT2D eigenvalue weighted by molar-refractivity contribution is 0.0812. The predicted molar refractivity (Wildman–Crippen MR) is 102 cm³/mol. The molecule has 0 bridgehead atoms. The molecule has 3 heteroatoms. The maximum atomic E-state index is 14.1. The first-order valence-corrected chi connectivity index (χ1v) is 8.76. The van der Waals surface area contributed by atoms with Gasteiger partial charge in [0.05, 0.1) is 11.6 Å². The molecule has 0 fully saturated rings. The van der Waals surface area contributed by atoms with E-state index in [9.17, 15) is 9.18 Å². The van der Waals surface area contributed by atoms with Crippen LogP contribution in [-0.4, -0.2) is 16.7 Å². The van der Waals surface area contributed by atoms with Gasteiger partial charge in [0.1, 0.15) is 5.82 Å². The quantitative estimate of drug-likeness (QED) is 0.554. The van der Waals surface area contributed by atoms with Crippen LogP contribution in [0.1, 0.15) is 28.4 Å². The van der Waals surface area contributed by atoms with Gasteiger partial charge in [-0.1, -0.05) is 72.8 Å². The van der Waals surface area contributed by atoms with Crippen molar-refractivity contribution in [1.82, 2.24) is 4.90 Å². The molecule has 3 aromatic rings. The lowest BCUT2D eigenvalue weighted by Crippen LogP contribution is -2.38. The Hall–Kier alpha value is -2.78. The molecule has 0 aliphatic heterocycles. The van der Waals surface area contributed by atoms with Crippen LogP contribution in [-0.2, 0) is 13.1 Å². The summed E-state index contributed by atoms with van der Waals surface area (Å²) in [6, 6.07) is 25.8. The summed E-state index contributed by atoms with van der Waals surface area (Å²) in [5.41, 5.74) is 2.39. The molecule has 1 unspecified atom stereocenters. The highest BCUT2D eigenvalue weighted by atomic mass is 19.1. The van der Waals surface area contributed by atoms with Crippen molar-refractivity contribution in [2.45, 2.75) is 26.1 Å². The molecule has 3 rings (SSSR count). The van der Waals surface area contributed by atoms with Gasteiger partial charge in [0.15, 0.2) is 5.78 Å². The van der Waals surface area contributed by atoms with Crippen molar-refractivity contribution in [3.05, 3.63) is 107 Å². The number of rotatable bonds is 7. The Labute approximate surface area is 153 Å². The molecule has 0 radical (unpaired) electrons. The molecule has 0 aliphatic rings. The van der Waals surface area contributed by atoms with Crippen molar-refractivity contribution in [2.24, 2.45) is 0 Å². The van der Waals surface area contributed by atoms with Gasteiger partial charge in [-0.05, 0) is 30.2 Å². The summed E-state index contributed by atoms with van der Waals surface area (Å²) in [6.45, 7) is 3.09. The zero-order valence-electron chi connectivity index (χ0n) is 14.8. The van der Waals surface area contributed by atoms with Gasteiger partial charge in [0.25, 0.3) is 0 Å². The fourth-order valence-electron chi connectivity index (χ4n) is 3.02. The highest BCUT2D eigenvalue weighted by Gasteiger charge is 2.24. The molecule has 0 spiro atoms. The van der Waals surface area contributed by atoms with E-state index in [-0.39, 0.29) is 11.3 Å². The topological polar surface area (TPSA) is 20.3 Å². The van der Waals surface area contributed by atoms with Crippen molar-refractivity contribution in [2.75, 3.05) is 0 Å². The molecule has 0 heterocycles. The number of carbonyl (C=O) groups is 1. The van der Waals surface area contributed by atoms with Crippen LogP contribution in [0.5, 0.6) is 0 Å². The largest absolute Gasteiger partial charge is 0.292 e. The molecular weight excluding hydrogens is 325 g/mol. The molecule has 0 aliphatic carbocycles. The summed E-state index contributed by atoms with van der Waals surface area (Å²) in [5, 5.41) is 0. The van der Waals surface area contributed by atoms with Crippen molar-refractivity contribution < 1.29 is 9.18 Å². The second-order valence-electron chi connectivity index (χ2n) is 6.40. The number of hydrogen-bond acceptors (Lipinski definition) is 2. The predicted octanol–water partition coefficient (Wildman–Crippen LogP) is 5.10. The zero-order valence-corrected chi connectivity index (χ0v) is 14.8. The van der Waals surface area contributed by atoms with Gasteiger partial charge < -0.3 is 0 Å². The molecule has 26 heavy (non-hydrogen) atoms. The Kier molecular flexibility index (Phi) is 5.92. The van der Waals surface area contributed by atoms with E-state index in [4.69, 9.17) is 0 Å². The van der Waals surface area contributed by atoms with Gasteiger partial charge in [0.2, 0.25) is 0 Å². The first-order chi connectivity index (χ1) is 12.6. The van der Waals surface area contributed by atoms with Crippen molar-refractivity contribution >= 4 is 5.78 Å². The van der Waals surface area contributed by atoms with Gasteiger partial charge in [0, 0.05) is 13.1 Å². The molecule has 2 nitrogen and oxygen atoms in total. The van der Waals surface area contributed by atoms with Crippen LogP contribution in [0.4, 0.5) is 4.39 Å². The van der Waals surface area contributed by atoms with Crippen molar-refractivity contribution in [3.63, 3.8) is 0 Å². The third kappa shape index (κ3) is 4.44. The van der Waals surface area contributed by atoms with E-state index in [0.29, 0.717) is 13.1 Å².